The summed E-state index contributed by atoms with van der Waals surface area (Å²) in [6.07, 6.45) is 7.73. The number of benzene rings is 1. The van der Waals surface area contributed by atoms with Gasteiger partial charge in [-0.2, -0.15) is 0 Å². The minimum atomic E-state index is -1.10. The summed E-state index contributed by atoms with van der Waals surface area (Å²) >= 11 is 0. The number of aromatic nitrogens is 2. The minimum Gasteiger partial charge on any atom is -0.478 e. The van der Waals surface area contributed by atoms with Crippen molar-refractivity contribution in [2.24, 2.45) is 0 Å². The van der Waals surface area contributed by atoms with Crippen LogP contribution in [0.4, 0.5) is 4.39 Å². The zero-order valence-corrected chi connectivity index (χ0v) is 11.8. The first-order valence-electron chi connectivity index (χ1n) is 6.79. The van der Waals surface area contributed by atoms with Crippen molar-refractivity contribution in [3.63, 3.8) is 0 Å². The molecule has 0 aliphatic rings. The van der Waals surface area contributed by atoms with Crippen molar-refractivity contribution in [2.75, 3.05) is 0 Å². The highest BCUT2D eigenvalue weighted by molar-refractivity contribution is 5.85. The van der Waals surface area contributed by atoms with Crippen LogP contribution in [0.3, 0.4) is 0 Å². The zero-order valence-electron chi connectivity index (χ0n) is 11.8. The summed E-state index contributed by atoms with van der Waals surface area (Å²) in [6, 6.07) is 4.71. The van der Waals surface area contributed by atoms with E-state index >= 15 is 0 Å². The predicted octanol–water partition coefficient (Wildman–Crippen LogP) is 3.12. The summed E-state index contributed by atoms with van der Waals surface area (Å²) in [5.41, 5.74) is 1.17. The van der Waals surface area contributed by atoms with Crippen molar-refractivity contribution < 1.29 is 14.3 Å². The van der Waals surface area contributed by atoms with E-state index in [4.69, 9.17) is 5.11 Å². The summed E-state index contributed by atoms with van der Waals surface area (Å²) in [5.74, 6) is -0.542. The third-order valence-corrected chi connectivity index (χ3v) is 3.09. The zero-order chi connectivity index (χ0) is 15.2. The summed E-state index contributed by atoms with van der Waals surface area (Å²) < 4.78 is 15.7. The van der Waals surface area contributed by atoms with Gasteiger partial charge in [-0.3, -0.25) is 0 Å². The Hall–Kier alpha value is -2.43. The number of nitrogens with zero attached hydrogens (tertiary/aromatic N) is 2. The van der Waals surface area contributed by atoms with Gasteiger partial charge in [0, 0.05) is 37.0 Å². The lowest BCUT2D eigenvalue weighted by atomic mass is 10.1. The molecule has 0 radical (unpaired) electrons. The molecular weight excluding hydrogens is 271 g/mol. The standard InChI is InChI=1S/C16H17FN2O2/c1-2-3-15-18-8-9-19(15)11-12-4-6-14(17)13(10-12)5-7-16(20)21/h4-10H,2-3,11H2,1H3,(H,20,21). The second-order valence-corrected chi connectivity index (χ2v) is 4.75. The maximum atomic E-state index is 13.6. The molecule has 2 aromatic rings. The molecule has 0 bridgehead atoms. The Morgan fingerprint density at radius 1 is 1.48 bits per heavy atom. The number of hydrogen-bond acceptors (Lipinski definition) is 2. The number of hydrogen-bond donors (Lipinski definition) is 1. The van der Waals surface area contributed by atoms with Crippen LogP contribution in [0.2, 0.25) is 0 Å². The maximum Gasteiger partial charge on any atom is 0.328 e. The number of rotatable bonds is 6. The first-order valence-corrected chi connectivity index (χ1v) is 6.79. The van der Waals surface area contributed by atoms with Crippen molar-refractivity contribution >= 4 is 12.0 Å². The summed E-state index contributed by atoms with van der Waals surface area (Å²) in [4.78, 5) is 14.8. The third-order valence-electron chi connectivity index (χ3n) is 3.09. The first-order chi connectivity index (χ1) is 10.1. The van der Waals surface area contributed by atoms with Gasteiger partial charge in [0.1, 0.15) is 11.6 Å². The molecule has 0 spiro atoms. The molecule has 0 aliphatic heterocycles. The number of aryl methyl sites for hydroxylation is 1. The normalized spacial score (nSPS) is 11.1. The van der Waals surface area contributed by atoms with Crippen LogP contribution in [-0.2, 0) is 17.8 Å². The molecule has 1 aromatic carbocycles. The molecule has 5 heteroatoms. The molecule has 0 atom stereocenters. The lowest BCUT2D eigenvalue weighted by Gasteiger charge is -2.08. The molecule has 1 heterocycles. The Morgan fingerprint density at radius 2 is 2.29 bits per heavy atom. The second-order valence-electron chi connectivity index (χ2n) is 4.75. The van der Waals surface area contributed by atoms with Gasteiger partial charge in [0.15, 0.2) is 0 Å². The number of carboxylic acid groups (broad SMARTS) is 1. The number of imidazole rings is 1. The van der Waals surface area contributed by atoms with Gasteiger partial charge < -0.3 is 9.67 Å². The van der Waals surface area contributed by atoms with E-state index in [9.17, 15) is 9.18 Å². The van der Waals surface area contributed by atoms with Crippen LogP contribution in [0, 0.1) is 5.82 Å². The van der Waals surface area contributed by atoms with Crippen molar-refractivity contribution in [1.82, 2.24) is 9.55 Å². The average Bonchev–Trinajstić information content (AvgIpc) is 2.87. The van der Waals surface area contributed by atoms with Crippen LogP contribution >= 0.6 is 0 Å². The Kier molecular flexibility index (Phi) is 4.87. The SMILES string of the molecule is CCCc1nccn1Cc1ccc(F)c(C=CC(=O)O)c1. The molecule has 0 fully saturated rings. The van der Waals surface area contributed by atoms with E-state index in [-0.39, 0.29) is 5.56 Å². The summed E-state index contributed by atoms with van der Waals surface area (Å²) in [5, 5.41) is 8.62. The predicted molar refractivity (Wildman–Crippen MR) is 78.4 cm³/mol. The Morgan fingerprint density at radius 3 is 3.00 bits per heavy atom. The van der Waals surface area contributed by atoms with Gasteiger partial charge in [-0.1, -0.05) is 13.0 Å². The molecule has 0 saturated heterocycles. The molecule has 0 aliphatic carbocycles. The van der Waals surface area contributed by atoms with E-state index in [1.807, 2.05) is 10.8 Å². The molecule has 110 valence electrons. The van der Waals surface area contributed by atoms with E-state index in [0.29, 0.717) is 6.54 Å². The van der Waals surface area contributed by atoms with E-state index in [1.165, 1.54) is 12.1 Å². The number of carbonyl (C=O) groups is 1. The fourth-order valence-corrected chi connectivity index (χ4v) is 2.11. The molecule has 21 heavy (non-hydrogen) atoms. The largest absolute Gasteiger partial charge is 0.478 e. The quantitative estimate of drug-likeness (QED) is 0.831. The topological polar surface area (TPSA) is 55.1 Å². The summed E-state index contributed by atoms with van der Waals surface area (Å²) in [6.45, 7) is 2.68. The van der Waals surface area contributed by atoms with Crippen molar-refractivity contribution in [2.45, 2.75) is 26.3 Å². The van der Waals surface area contributed by atoms with E-state index < -0.39 is 11.8 Å². The molecule has 0 saturated carbocycles. The number of aliphatic carboxylic acids is 1. The van der Waals surface area contributed by atoms with Crippen molar-refractivity contribution in [3.05, 3.63) is 59.4 Å². The Labute approximate surface area is 122 Å². The van der Waals surface area contributed by atoms with Crippen molar-refractivity contribution in [3.8, 4) is 0 Å². The fourth-order valence-electron chi connectivity index (χ4n) is 2.11. The number of halogens is 1. The lowest BCUT2D eigenvalue weighted by Crippen LogP contribution is -2.04. The third kappa shape index (κ3) is 4.02. The van der Waals surface area contributed by atoms with Gasteiger partial charge in [-0.25, -0.2) is 14.2 Å². The average molecular weight is 288 g/mol. The molecule has 0 unspecified atom stereocenters. The van der Waals surface area contributed by atoms with Crippen molar-refractivity contribution in [1.29, 1.82) is 0 Å². The van der Waals surface area contributed by atoms with Crippen LogP contribution in [0.15, 0.2) is 36.7 Å². The highest BCUT2D eigenvalue weighted by atomic mass is 19.1. The van der Waals surface area contributed by atoms with Gasteiger partial charge in [-0.15, -0.1) is 0 Å². The maximum absolute atomic E-state index is 13.6. The van der Waals surface area contributed by atoms with Gasteiger partial charge in [0.25, 0.3) is 0 Å². The van der Waals surface area contributed by atoms with Crippen LogP contribution < -0.4 is 0 Å². The van der Waals surface area contributed by atoms with E-state index in [1.54, 1.807) is 18.3 Å². The smallest absolute Gasteiger partial charge is 0.328 e. The first kappa shape index (κ1) is 15.0. The number of carboxylic acids is 1. The van der Waals surface area contributed by atoms with Crippen LogP contribution in [-0.4, -0.2) is 20.6 Å². The fraction of sp³-hybridized carbons (Fsp3) is 0.250. The second kappa shape index (κ2) is 6.83. The van der Waals surface area contributed by atoms with Gasteiger partial charge in [0.2, 0.25) is 0 Å². The van der Waals surface area contributed by atoms with E-state index in [2.05, 4.69) is 11.9 Å². The molecule has 1 N–H and O–H groups in total. The van der Waals surface area contributed by atoms with Gasteiger partial charge in [0.05, 0.1) is 0 Å². The van der Waals surface area contributed by atoms with Gasteiger partial charge >= 0.3 is 5.97 Å². The molecular formula is C16H17FN2O2. The Balaban J connectivity index is 2.22. The van der Waals surface area contributed by atoms with Crippen LogP contribution in [0.5, 0.6) is 0 Å². The molecule has 2 rings (SSSR count). The highest BCUT2D eigenvalue weighted by Crippen LogP contribution is 2.14. The minimum absolute atomic E-state index is 0.270. The Bertz CT molecular complexity index is 662. The van der Waals surface area contributed by atoms with Gasteiger partial charge in [-0.05, 0) is 30.2 Å². The molecule has 4 nitrogen and oxygen atoms in total. The summed E-state index contributed by atoms with van der Waals surface area (Å²) in [7, 11) is 0. The highest BCUT2D eigenvalue weighted by Gasteiger charge is 2.05. The molecule has 0 amide bonds. The van der Waals surface area contributed by atoms with E-state index in [0.717, 1.165) is 30.3 Å². The van der Waals surface area contributed by atoms with Crippen LogP contribution in [0.1, 0.15) is 30.3 Å². The lowest BCUT2D eigenvalue weighted by molar-refractivity contribution is -0.131. The van der Waals surface area contributed by atoms with Crippen LogP contribution in [0.25, 0.3) is 6.08 Å². The molecule has 1 aromatic heterocycles. The monoisotopic (exact) mass is 288 g/mol.